The average molecular weight is 398 g/mol. The number of aliphatic hydroxyl groups excluding tert-OH is 1. The molecule has 6 nitrogen and oxygen atoms in total. The molecule has 2 fully saturated rings. The number of carbonyl (C=O) groups excluding carboxylic acids is 2. The number of hydrogen-bond acceptors (Lipinski definition) is 4. The molecule has 1 saturated heterocycles. The fourth-order valence-corrected chi connectivity index (χ4v) is 4.60. The van der Waals surface area contributed by atoms with E-state index in [1.807, 2.05) is 19.1 Å². The largest absolute Gasteiger partial charge is 0.361 e. The lowest BCUT2D eigenvalue weighted by Crippen LogP contribution is -2.52. The van der Waals surface area contributed by atoms with Crippen LogP contribution in [0.1, 0.15) is 37.3 Å². The molecule has 1 aliphatic carbocycles. The van der Waals surface area contributed by atoms with Gasteiger partial charge in [0.2, 0.25) is 11.8 Å². The first kappa shape index (κ1) is 18.0. The fraction of sp³-hybridized carbons (Fsp3) is 0.556. The van der Waals surface area contributed by atoms with Gasteiger partial charge in [0.05, 0.1) is 10.0 Å². The molecule has 26 heavy (non-hydrogen) atoms. The summed E-state index contributed by atoms with van der Waals surface area (Å²) in [4.78, 5) is 27.2. The van der Waals surface area contributed by atoms with Crippen molar-refractivity contribution in [3.63, 3.8) is 0 Å². The van der Waals surface area contributed by atoms with Gasteiger partial charge in [-0.15, -0.1) is 0 Å². The van der Waals surface area contributed by atoms with Crippen LogP contribution in [0.15, 0.2) is 12.1 Å². The molecule has 140 valence electrons. The molecule has 0 spiro atoms. The minimum atomic E-state index is -1.05. The zero-order valence-corrected chi connectivity index (χ0v) is 15.9. The Kier molecular flexibility index (Phi) is 4.42. The van der Waals surface area contributed by atoms with Crippen molar-refractivity contribution in [3.8, 4) is 0 Å². The van der Waals surface area contributed by atoms with Crippen LogP contribution in [0.25, 0.3) is 0 Å². The van der Waals surface area contributed by atoms with Crippen molar-refractivity contribution < 1.29 is 14.7 Å². The van der Waals surface area contributed by atoms with Crippen molar-refractivity contribution in [2.75, 3.05) is 0 Å². The summed E-state index contributed by atoms with van der Waals surface area (Å²) in [6.07, 6.45) is 1.18. The molecule has 0 bridgehead atoms. The summed E-state index contributed by atoms with van der Waals surface area (Å²) in [5.74, 6) is -0.400. The number of aliphatic hydroxyl groups is 1. The second-order valence-corrected chi connectivity index (χ2v) is 8.41. The number of nitrogens with zero attached hydrogens (tertiary/aromatic N) is 1. The third-order valence-corrected chi connectivity index (χ3v) is 6.39. The lowest BCUT2D eigenvalue weighted by Gasteiger charge is -2.31. The normalized spacial score (nSPS) is 28.8. The van der Waals surface area contributed by atoms with Crippen molar-refractivity contribution in [1.29, 1.82) is 0 Å². The van der Waals surface area contributed by atoms with Crippen LogP contribution in [-0.4, -0.2) is 33.7 Å². The highest BCUT2D eigenvalue weighted by Crippen LogP contribution is 2.45. The number of nitrogens with one attached hydrogen (secondary N) is 2. The molecule has 1 saturated carbocycles. The highest BCUT2D eigenvalue weighted by molar-refractivity contribution is 6.42. The number of benzene rings is 1. The van der Waals surface area contributed by atoms with E-state index in [2.05, 4.69) is 10.6 Å². The van der Waals surface area contributed by atoms with Gasteiger partial charge in [-0.1, -0.05) is 30.1 Å². The zero-order chi connectivity index (χ0) is 18.6. The van der Waals surface area contributed by atoms with Gasteiger partial charge in [0, 0.05) is 19.0 Å². The number of hydrogen-bond donors (Lipinski definition) is 3. The van der Waals surface area contributed by atoms with Crippen molar-refractivity contribution in [2.24, 2.45) is 11.8 Å². The summed E-state index contributed by atoms with van der Waals surface area (Å²) in [7, 11) is 0. The maximum atomic E-state index is 13.0. The quantitative estimate of drug-likeness (QED) is 0.725. The van der Waals surface area contributed by atoms with E-state index in [-0.39, 0.29) is 23.7 Å². The van der Waals surface area contributed by atoms with Crippen molar-refractivity contribution in [3.05, 3.63) is 33.3 Å². The van der Waals surface area contributed by atoms with Gasteiger partial charge in [0.15, 0.2) is 6.35 Å². The van der Waals surface area contributed by atoms with Crippen LogP contribution in [0.4, 0.5) is 0 Å². The van der Waals surface area contributed by atoms with Crippen molar-refractivity contribution in [2.45, 2.75) is 51.2 Å². The second kappa shape index (κ2) is 6.37. The summed E-state index contributed by atoms with van der Waals surface area (Å²) >= 11 is 12.1. The van der Waals surface area contributed by atoms with Crippen LogP contribution >= 0.6 is 23.2 Å². The molecule has 2 heterocycles. The van der Waals surface area contributed by atoms with E-state index in [9.17, 15) is 14.7 Å². The molecule has 3 atom stereocenters. The lowest BCUT2D eigenvalue weighted by atomic mass is 9.83. The topological polar surface area (TPSA) is 81.7 Å². The molecule has 3 aliphatic rings. The third kappa shape index (κ3) is 2.99. The molecule has 1 aromatic carbocycles. The molecule has 4 rings (SSSR count). The molecule has 8 heteroatoms. The third-order valence-electron chi connectivity index (χ3n) is 5.67. The van der Waals surface area contributed by atoms with E-state index < -0.39 is 11.9 Å². The Morgan fingerprint density at radius 2 is 1.88 bits per heavy atom. The Morgan fingerprint density at radius 1 is 1.31 bits per heavy atom. The highest BCUT2D eigenvalue weighted by Gasteiger charge is 2.56. The monoisotopic (exact) mass is 397 g/mol. The SMILES string of the molecule is CC(C[C@]1(C2CC2)NC(O)NC1=O)C(=O)N1Cc2cc(Cl)c(Cl)cc2C1. The fourth-order valence-electron chi connectivity index (χ4n) is 4.22. The van der Waals surface area contributed by atoms with Gasteiger partial charge < -0.3 is 15.3 Å². The zero-order valence-electron chi connectivity index (χ0n) is 14.4. The number of fused-ring (bicyclic) bond motifs is 1. The maximum Gasteiger partial charge on any atom is 0.243 e. The number of halogens is 2. The first-order valence-electron chi connectivity index (χ1n) is 8.82. The Labute approximate surface area is 161 Å². The predicted molar refractivity (Wildman–Crippen MR) is 97.2 cm³/mol. The molecule has 1 aromatic rings. The summed E-state index contributed by atoms with van der Waals surface area (Å²) in [5.41, 5.74) is 1.15. The Balaban J connectivity index is 1.48. The van der Waals surface area contributed by atoms with E-state index in [0.29, 0.717) is 29.6 Å². The van der Waals surface area contributed by atoms with Crippen LogP contribution in [0.2, 0.25) is 10.0 Å². The minimum absolute atomic E-state index is 0.00976. The molecule has 2 unspecified atom stereocenters. The van der Waals surface area contributed by atoms with Gasteiger partial charge >= 0.3 is 0 Å². The summed E-state index contributed by atoms with van der Waals surface area (Å²) in [5, 5.41) is 16.3. The minimum Gasteiger partial charge on any atom is -0.361 e. The van der Waals surface area contributed by atoms with E-state index >= 15 is 0 Å². The Morgan fingerprint density at radius 3 is 2.35 bits per heavy atom. The smallest absolute Gasteiger partial charge is 0.243 e. The molecule has 2 amide bonds. The van der Waals surface area contributed by atoms with E-state index in [0.717, 1.165) is 24.0 Å². The summed E-state index contributed by atoms with van der Waals surface area (Å²) in [6, 6.07) is 3.62. The first-order valence-corrected chi connectivity index (χ1v) is 9.58. The van der Waals surface area contributed by atoms with Crippen LogP contribution in [-0.2, 0) is 22.7 Å². The Bertz CT molecular complexity index is 752. The van der Waals surface area contributed by atoms with Gasteiger partial charge in [-0.25, -0.2) is 0 Å². The van der Waals surface area contributed by atoms with Crippen LogP contribution in [0.3, 0.4) is 0 Å². The molecule has 0 radical (unpaired) electrons. The van der Waals surface area contributed by atoms with Gasteiger partial charge in [0.25, 0.3) is 0 Å². The van der Waals surface area contributed by atoms with Gasteiger partial charge in [-0.2, -0.15) is 0 Å². The van der Waals surface area contributed by atoms with Gasteiger partial charge in [-0.05, 0) is 48.4 Å². The van der Waals surface area contributed by atoms with E-state index in [1.165, 1.54) is 0 Å². The Hall–Kier alpha value is -1.34. The van der Waals surface area contributed by atoms with Crippen LogP contribution < -0.4 is 10.6 Å². The lowest BCUT2D eigenvalue weighted by molar-refractivity contribution is -0.137. The van der Waals surface area contributed by atoms with Crippen molar-refractivity contribution in [1.82, 2.24) is 15.5 Å². The molecular formula is C18H21Cl2N3O3. The van der Waals surface area contributed by atoms with Crippen molar-refractivity contribution >= 4 is 35.0 Å². The predicted octanol–water partition coefficient (Wildman–Crippen LogP) is 2.01. The summed E-state index contributed by atoms with van der Waals surface area (Å²) in [6.45, 7) is 2.83. The van der Waals surface area contributed by atoms with Gasteiger partial charge in [-0.3, -0.25) is 14.9 Å². The van der Waals surface area contributed by atoms with E-state index in [4.69, 9.17) is 23.2 Å². The van der Waals surface area contributed by atoms with Crippen LogP contribution in [0.5, 0.6) is 0 Å². The van der Waals surface area contributed by atoms with Gasteiger partial charge in [0.1, 0.15) is 5.54 Å². The molecule has 0 aromatic heterocycles. The number of amides is 2. The highest BCUT2D eigenvalue weighted by atomic mass is 35.5. The molecule has 2 aliphatic heterocycles. The maximum absolute atomic E-state index is 13.0. The van der Waals surface area contributed by atoms with Crippen LogP contribution in [0, 0.1) is 11.8 Å². The first-order chi connectivity index (χ1) is 12.3. The average Bonchev–Trinajstić information content (AvgIpc) is 3.29. The summed E-state index contributed by atoms with van der Waals surface area (Å²) < 4.78 is 0. The molecular weight excluding hydrogens is 377 g/mol. The van der Waals surface area contributed by atoms with E-state index in [1.54, 1.807) is 4.90 Å². The number of carbonyl (C=O) groups is 2. The molecule has 3 N–H and O–H groups in total. The number of rotatable bonds is 4. The second-order valence-electron chi connectivity index (χ2n) is 7.60. The standard InChI is InChI=1S/C18H21Cl2N3O3/c1-9(6-18(12-2-3-12)16(25)21-17(26)22-18)15(24)23-7-10-4-13(19)14(20)5-11(10)8-23/h4-5,9,12,17,22,26H,2-3,6-8H2,1H3,(H,21,25)/t9?,17?,18-/m1/s1.